The quantitative estimate of drug-likeness (QED) is 0.671. The largest absolute Gasteiger partial charge is 0.449 e. The lowest BCUT2D eigenvalue weighted by atomic mass is 9.98. The van der Waals surface area contributed by atoms with E-state index in [2.05, 4.69) is 5.32 Å². The molecule has 4 nitrogen and oxygen atoms in total. The minimum absolute atomic E-state index is 0.0502. The zero-order chi connectivity index (χ0) is 19.4. The third-order valence-corrected chi connectivity index (χ3v) is 4.63. The summed E-state index contributed by atoms with van der Waals surface area (Å²) < 4.78 is 5.25. The van der Waals surface area contributed by atoms with Gasteiger partial charge in [0.05, 0.1) is 15.6 Å². The summed E-state index contributed by atoms with van der Waals surface area (Å²) in [5, 5.41) is 3.22. The summed E-state index contributed by atoms with van der Waals surface area (Å²) in [5.41, 5.74) is 2.75. The van der Waals surface area contributed by atoms with E-state index in [1.54, 1.807) is 6.07 Å². The van der Waals surface area contributed by atoms with E-state index in [0.717, 1.165) is 16.8 Å². The predicted molar refractivity (Wildman–Crippen MR) is 105 cm³/mol. The van der Waals surface area contributed by atoms with Gasteiger partial charge in [-0.15, -0.1) is 0 Å². The molecule has 0 heterocycles. The van der Waals surface area contributed by atoms with Crippen LogP contribution in [0.25, 0.3) is 0 Å². The second-order valence-corrected chi connectivity index (χ2v) is 7.14. The van der Waals surface area contributed by atoms with Gasteiger partial charge in [0.1, 0.15) is 0 Å². The number of carbonyl (C=O) groups is 2. The van der Waals surface area contributed by atoms with Crippen LogP contribution in [-0.4, -0.2) is 18.0 Å². The molecule has 26 heavy (non-hydrogen) atoms. The molecule has 0 saturated carbocycles. The van der Waals surface area contributed by atoms with Gasteiger partial charge in [-0.3, -0.25) is 4.79 Å². The Morgan fingerprint density at radius 2 is 1.58 bits per heavy atom. The van der Waals surface area contributed by atoms with Crippen LogP contribution in [0.2, 0.25) is 10.0 Å². The third kappa shape index (κ3) is 4.57. The lowest BCUT2D eigenvalue weighted by molar-refractivity contribution is -0.123. The van der Waals surface area contributed by atoms with Gasteiger partial charge in [-0.05, 0) is 43.0 Å². The highest BCUT2D eigenvalue weighted by molar-refractivity contribution is 6.39. The first-order valence-corrected chi connectivity index (χ1v) is 9.03. The van der Waals surface area contributed by atoms with Crippen molar-refractivity contribution in [3.05, 3.63) is 63.1 Å². The average molecular weight is 394 g/mol. The second-order valence-electron chi connectivity index (χ2n) is 6.33. The predicted octanol–water partition coefficient (Wildman–Crippen LogP) is 5.61. The third-order valence-electron chi connectivity index (χ3n) is 4.00. The Morgan fingerprint density at radius 1 is 1.00 bits per heavy atom. The fraction of sp³-hybridized carbons (Fsp3) is 0.300. The van der Waals surface area contributed by atoms with Gasteiger partial charge in [0.2, 0.25) is 0 Å². The highest BCUT2D eigenvalue weighted by Gasteiger charge is 2.23. The summed E-state index contributed by atoms with van der Waals surface area (Å²) in [7, 11) is 0. The van der Waals surface area contributed by atoms with Crippen molar-refractivity contribution in [3.8, 4) is 0 Å². The van der Waals surface area contributed by atoms with E-state index >= 15 is 0 Å². The van der Waals surface area contributed by atoms with Gasteiger partial charge in [-0.1, -0.05) is 61.3 Å². The molecular weight excluding hydrogens is 373 g/mol. The van der Waals surface area contributed by atoms with Crippen LogP contribution >= 0.6 is 23.2 Å². The molecule has 1 atom stereocenters. The van der Waals surface area contributed by atoms with Crippen LogP contribution in [0.15, 0.2) is 36.4 Å². The van der Waals surface area contributed by atoms with E-state index < -0.39 is 18.0 Å². The Morgan fingerprint density at radius 3 is 2.15 bits per heavy atom. The maximum absolute atomic E-state index is 12.5. The minimum atomic E-state index is -1.01. The maximum atomic E-state index is 12.5. The van der Waals surface area contributed by atoms with Crippen LogP contribution in [0, 0.1) is 6.92 Å². The van der Waals surface area contributed by atoms with Gasteiger partial charge in [0.25, 0.3) is 5.91 Å². The highest BCUT2D eigenvalue weighted by Crippen LogP contribution is 2.28. The van der Waals surface area contributed by atoms with Crippen LogP contribution in [0.5, 0.6) is 0 Å². The molecule has 1 amide bonds. The Bertz CT molecular complexity index is 814. The van der Waals surface area contributed by atoms with Gasteiger partial charge >= 0.3 is 5.97 Å². The first-order valence-electron chi connectivity index (χ1n) is 8.27. The number of hydrogen-bond donors (Lipinski definition) is 1. The van der Waals surface area contributed by atoms with Crippen LogP contribution in [0.3, 0.4) is 0 Å². The second kappa shape index (κ2) is 8.56. The van der Waals surface area contributed by atoms with Crippen LogP contribution in [-0.2, 0) is 9.53 Å². The molecule has 0 spiro atoms. The number of benzene rings is 2. The van der Waals surface area contributed by atoms with Crippen molar-refractivity contribution in [2.75, 3.05) is 5.32 Å². The molecule has 0 bridgehead atoms. The molecule has 138 valence electrons. The van der Waals surface area contributed by atoms with Crippen molar-refractivity contribution in [2.24, 2.45) is 0 Å². The summed E-state index contributed by atoms with van der Waals surface area (Å²) in [6.07, 6.45) is -1.01. The molecule has 0 unspecified atom stereocenters. The number of rotatable bonds is 5. The van der Waals surface area contributed by atoms with Crippen molar-refractivity contribution < 1.29 is 14.3 Å². The van der Waals surface area contributed by atoms with E-state index in [1.807, 2.05) is 39.0 Å². The summed E-state index contributed by atoms with van der Waals surface area (Å²) in [6, 6.07) is 10.5. The van der Waals surface area contributed by atoms with E-state index in [0.29, 0.717) is 0 Å². The Kier molecular flexibility index (Phi) is 6.68. The standard InChI is InChI=1S/C20H21Cl2NO3/c1-11(2)14-8-5-7-12(3)18(14)23-19(24)13(4)26-20(25)17-15(21)9-6-10-16(17)22/h5-11,13H,1-4H3,(H,23,24)/t13-/m1/s1. The van der Waals surface area contributed by atoms with E-state index in [9.17, 15) is 9.59 Å². The van der Waals surface area contributed by atoms with Gasteiger partial charge in [0.15, 0.2) is 6.10 Å². The number of halogens is 2. The number of para-hydroxylation sites is 1. The number of ether oxygens (including phenoxy) is 1. The number of nitrogens with one attached hydrogen (secondary N) is 1. The lowest BCUT2D eigenvalue weighted by Crippen LogP contribution is -2.30. The molecule has 2 aromatic carbocycles. The highest BCUT2D eigenvalue weighted by atomic mass is 35.5. The molecule has 0 fully saturated rings. The zero-order valence-corrected chi connectivity index (χ0v) is 16.6. The van der Waals surface area contributed by atoms with Crippen LogP contribution in [0.1, 0.15) is 48.2 Å². The van der Waals surface area contributed by atoms with Crippen molar-refractivity contribution in [1.29, 1.82) is 0 Å². The molecule has 0 aliphatic heterocycles. The number of carbonyl (C=O) groups excluding carboxylic acids is 2. The minimum Gasteiger partial charge on any atom is -0.449 e. The molecule has 0 radical (unpaired) electrons. The maximum Gasteiger partial charge on any atom is 0.341 e. The van der Waals surface area contributed by atoms with E-state index in [-0.39, 0.29) is 21.5 Å². The molecule has 0 aromatic heterocycles. The van der Waals surface area contributed by atoms with Gasteiger partial charge in [-0.2, -0.15) is 0 Å². The number of amides is 1. The topological polar surface area (TPSA) is 55.4 Å². The fourth-order valence-electron chi connectivity index (χ4n) is 2.53. The Hall–Kier alpha value is -2.04. The smallest absolute Gasteiger partial charge is 0.341 e. The number of aryl methyl sites for hydroxylation is 1. The monoisotopic (exact) mass is 393 g/mol. The molecule has 2 aromatic rings. The zero-order valence-electron chi connectivity index (χ0n) is 15.1. The number of esters is 1. The van der Waals surface area contributed by atoms with Crippen molar-refractivity contribution >= 4 is 40.8 Å². The molecule has 0 aliphatic carbocycles. The SMILES string of the molecule is Cc1cccc(C(C)C)c1NC(=O)[C@@H](C)OC(=O)c1c(Cl)cccc1Cl. The van der Waals surface area contributed by atoms with Crippen molar-refractivity contribution in [1.82, 2.24) is 0 Å². The molecule has 2 rings (SSSR count). The number of anilines is 1. The van der Waals surface area contributed by atoms with Crippen molar-refractivity contribution in [3.63, 3.8) is 0 Å². The van der Waals surface area contributed by atoms with E-state index in [1.165, 1.54) is 19.1 Å². The van der Waals surface area contributed by atoms with E-state index in [4.69, 9.17) is 27.9 Å². The van der Waals surface area contributed by atoms with Crippen LogP contribution in [0.4, 0.5) is 5.69 Å². The summed E-state index contributed by atoms with van der Waals surface area (Å²) >= 11 is 12.0. The Labute approximate surface area is 163 Å². The summed E-state index contributed by atoms with van der Waals surface area (Å²) in [5.74, 6) is -0.917. The average Bonchev–Trinajstić information content (AvgIpc) is 2.56. The van der Waals surface area contributed by atoms with Gasteiger partial charge in [0, 0.05) is 5.69 Å². The van der Waals surface area contributed by atoms with Crippen molar-refractivity contribution in [2.45, 2.75) is 39.7 Å². The molecule has 1 N–H and O–H groups in total. The summed E-state index contributed by atoms with van der Waals surface area (Å²) in [6.45, 7) is 7.52. The van der Waals surface area contributed by atoms with Gasteiger partial charge in [-0.25, -0.2) is 4.79 Å². The fourth-order valence-corrected chi connectivity index (χ4v) is 3.08. The molecular formula is C20H21Cl2NO3. The lowest BCUT2D eigenvalue weighted by Gasteiger charge is -2.19. The normalized spacial score (nSPS) is 12.0. The first-order chi connectivity index (χ1) is 12.2. The number of hydrogen-bond acceptors (Lipinski definition) is 3. The van der Waals surface area contributed by atoms with Crippen LogP contribution < -0.4 is 5.32 Å². The summed E-state index contributed by atoms with van der Waals surface area (Å²) in [4.78, 5) is 24.8. The van der Waals surface area contributed by atoms with Gasteiger partial charge < -0.3 is 10.1 Å². The molecule has 0 saturated heterocycles. The Balaban J connectivity index is 2.15. The molecule has 6 heteroatoms. The molecule has 0 aliphatic rings. The first kappa shape index (κ1) is 20.3.